The zero-order chi connectivity index (χ0) is 17.7. The second-order valence-electron chi connectivity index (χ2n) is 5.52. The first-order chi connectivity index (χ1) is 11.5. The Morgan fingerprint density at radius 2 is 2.12 bits per heavy atom. The van der Waals surface area contributed by atoms with Crippen LogP contribution in [0, 0.1) is 11.2 Å². The van der Waals surface area contributed by atoms with Gasteiger partial charge in [0.2, 0.25) is 5.95 Å². The quantitative estimate of drug-likeness (QED) is 0.555. The number of halogens is 1. The maximum absolute atomic E-state index is 13.9. The van der Waals surface area contributed by atoms with Gasteiger partial charge in [-0.05, 0) is 32.9 Å². The van der Waals surface area contributed by atoms with Crippen molar-refractivity contribution in [1.82, 2.24) is 14.9 Å². The lowest BCUT2D eigenvalue weighted by Crippen LogP contribution is -2.20. The van der Waals surface area contributed by atoms with E-state index >= 15 is 0 Å². The third kappa shape index (κ3) is 3.73. The van der Waals surface area contributed by atoms with Gasteiger partial charge in [0.25, 0.3) is 0 Å². The third-order valence-electron chi connectivity index (χ3n) is 3.37. The summed E-state index contributed by atoms with van der Waals surface area (Å²) in [6.45, 7) is 10.6. The molecule has 2 aromatic rings. The zero-order valence-corrected chi connectivity index (χ0v) is 14.2. The summed E-state index contributed by atoms with van der Waals surface area (Å²) in [5, 5.41) is 16.8. The molecule has 0 spiro atoms. The van der Waals surface area contributed by atoms with Crippen LogP contribution in [0.1, 0.15) is 32.5 Å². The highest BCUT2D eigenvalue weighted by Gasteiger charge is 2.19. The van der Waals surface area contributed by atoms with Gasteiger partial charge in [-0.3, -0.25) is 4.57 Å². The van der Waals surface area contributed by atoms with E-state index in [2.05, 4.69) is 27.5 Å². The van der Waals surface area contributed by atoms with Crippen LogP contribution in [-0.4, -0.2) is 22.3 Å². The molecule has 0 fully saturated rings. The van der Waals surface area contributed by atoms with Gasteiger partial charge in [-0.1, -0.05) is 18.7 Å². The number of hydrogen-bond donors (Lipinski definition) is 4. The van der Waals surface area contributed by atoms with Gasteiger partial charge in [0.15, 0.2) is 0 Å². The number of imidazole rings is 1. The Balaban J connectivity index is 2.44. The van der Waals surface area contributed by atoms with Crippen LogP contribution < -0.4 is 16.0 Å². The summed E-state index contributed by atoms with van der Waals surface area (Å²) >= 11 is 0. The number of benzene rings is 1. The molecule has 0 saturated heterocycles. The van der Waals surface area contributed by atoms with Gasteiger partial charge in [-0.25, -0.2) is 9.37 Å². The fourth-order valence-corrected chi connectivity index (χ4v) is 2.35. The minimum Gasteiger partial charge on any atom is -0.372 e. The molecule has 0 aliphatic heterocycles. The molecule has 6 nitrogen and oxygen atoms in total. The third-order valence-corrected chi connectivity index (χ3v) is 3.37. The summed E-state index contributed by atoms with van der Waals surface area (Å²) in [6.07, 6.45) is 1.16. The van der Waals surface area contributed by atoms with E-state index in [-0.39, 0.29) is 11.9 Å². The first-order valence-electron chi connectivity index (χ1n) is 7.82. The van der Waals surface area contributed by atoms with Crippen molar-refractivity contribution in [2.24, 2.45) is 0 Å². The molecule has 24 heavy (non-hydrogen) atoms. The molecule has 128 valence electrons. The maximum Gasteiger partial charge on any atom is 0.209 e. The average Bonchev–Trinajstić information content (AvgIpc) is 2.87. The highest BCUT2D eigenvalue weighted by Crippen LogP contribution is 2.29. The minimum atomic E-state index is -0.362. The molecular weight excluding hydrogens is 307 g/mol. The fourth-order valence-electron chi connectivity index (χ4n) is 2.35. The lowest BCUT2D eigenvalue weighted by molar-refractivity contribution is 0.609. The normalized spacial score (nSPS) is 10.5. The largest absolute Gasteiger partial charge is 0.372 e. The lowest BCUT2D eigenvalue weighted by Gasteiger charge is -2.19. The molecule has 4 N–H and O–H groups in total. The van der Waals surface area contributed by atoms with Crippen LogP contribution in [0.25, 0.3) is 0 Å². The molecule has 0 aliphatic rings. The fraction of sp³-hybridized carbons (Fsp3) is 0.294. The van der Waals surface area contributed by atoms with Gasteiger partial charge in [0, 0.05) is 18.8 Å². The molecule has 1 heterocycles. The van der Waals surface area contributed by atoms with Crippen molar-refractivity contribution in [3.05, 3.63) is 48.2 Å². The predicted octanol–water partition coefficient (Wildman–Crippen LogP) is 3.84. The van der Waals surface area contributed by atoms with Crippen LogP contribution in [-0.2, 0) is 0 Å². The van der Waals surface area contributed by atoms with Crippen LogP contribution in [0.15, 0.2) is 36.7 Å². The van der Waals surface area contributed by atoms with Crippen LogP contribution in [0.3, 0.4) is 0 Å². The Labute approximate surface area is 141 Å². The van der Waals surface area contributed by atoms with E-state index in [1.165, 1.54) is 6.07 Å². The number of hydrogen-bond acceptors (Lipinski definition) is 5. The summed E-state index contributed by atoms with van der Waals surface area (Å²) in [5.41, 5.74) is 0.777. The lowest BCUT2D eigenvalue weighted by atomic mass is 10.3. The molecule has 0 amide bonds. The predicted molar refractivity (Wildman–Crippen MR) is 96.6 cm³/mol. The van der Waals surface area contributed by atoms with E-state index < -0.39 is 0 Å². The first kappa shape index (κ1) is 17.5. The summed E-state index contributed by atoms with van der Waals surface area (Å²) < 4.78 is 15.8. The monoisotopic (exact) mass is 330 g/mol. The Hall–Kier alpha value is -2.83. The number of nitrogens with zero attached hydrogens (tertiary/aromatic N) is 2. The molecule has 2 rings (SSSR count). The first-order valence-corrected chi connectivity index (χ1v) is 7.82. The van der Waals surface area contributed by atoms with E-state index in [1.807, 2.05) is 25.3 Å². The Bertz CT molecular complexity index is 735. The van der Waals surface area contributed by atoms with Gasteiger partial charge in [-0.15, -0.1) is 0 Å². The molecule has 0 saturated carbocycles. The van der Waals surface area contributed by atoms with Crippen molar-refractivity contribution in [2.45, 2.75) is 26.8 Å². The summed E-state index contributed by atoms with van der Waals surface area (Å²) in [5.74, 6) is 1.34. The molecule has 0 radical (unpaired) electrons. The molecule has 7 heteroatoms. The summed E-state index contributed by atoms with van der Waals surface area (Å²) in [4.78, 5) is 4.41. The summed E-state index contributed by atoms with van der Waals surface area (Å²) in [7, 11) is 0. The van der Waals surface area contributed by atoms with E-state index in [1.54, 1.807) is 18.2 Å². The van der Waals surface area contributed by atoms with Crippen LogP contribution in [0.2, 0.25) is 0 Å². The molecule has 0 unspecified atom stereocenters. The number of para-hydroxylation sites is 1. The van der Waals surface area contributed by atoms with Crippen molar-refractivity contribution in [3.63, 3.8) is 0 Å². The highest BCUT2D eigenvalue weighted by molar-refractivity contribution is 5.84. The molecule has 1 aromatic heterocycles. The van der Waals surface area contributed by atoms with Crippen LogP contribution in [0.5, 0.6) is 0 Å². The van der Waals surface area contributed by atoms with E-state index in [0.717, 1.165) is 12.8 Å². The number of nitrogens with one attached hydrogen (secondary N) is 4. The van der Waals surface area contributed by atoms with Gasteiger partial charge in [0.1, 0.15) is 17.3 Å². The maximum atomic E-state index is 13.9. The minimum absolute atomic E-state index is 0.0393. The SMILES string of the molecule is C=C(NCC)Nc1c(C=N)nc(Nc2ccccc2F)n1C(C)C. The van der Waals surface area contributed by atoms with Gasteiger partial charge >= 0.3 is 0 Å². The number of rotatable bonds is 8. The van der Waals surface area contributed by atoms with Crippen molar-refractivity contribution in [2.75, 3.05) is 17.2 Å². The van der Waals surface area contributed by atoms with Gasteiger partial charge in [-0.2, -0.15) is 0 Å². The topological polar surface area (TPSA) is 77.8 Å². The second-order valence-corrected chi connectivity index (χ2v) is 5.52. The van der Waals surface area contributed by atoms with Crippen molar-refractivity contribution in [1.29, 1.82) is 5.41 Å². The van der Waals surface area contributed by atoms with Gasteiger partial charge < -0.3 is 21.4 Å². The standard InChI is InChI=1S/C17H23FN6/c1-5-20-12(4)21-16-15(10-19)23-17(24(16)11(2)3)22-14-9-7-6-8-13(14)18/h6-11,19-21H,4-5H2,1-3H3,(H,22,23). The number of aromatic nitrogens is 2. The Kier molecular flexibility index (Phi) is 5.57. The van der Waals surface area contributed by atoms with Crippen molar-refractivity contribution < 1.29 is 4.39 Å². The Morgan fingerprint density at radius 3 is 2.71 bits per heavy atom. The van der Waals surface area contributed by atoms with Gasteiger partial charge in [0.05, 0.1) is 11.5 Å². The van der Waals surface area contributed by atoms with Crippen molar-refractivity contribution >= 4 is 23.7 Å². The second kappa shape index (κ2) is 7.63. The number of anilines is 3. The molecule has 0 aliphatic carbocycles. The molecule has 0 atom stereocenters. The molecule has 1 aromatic carbocycles. The van der Waals surface area contributed by atoms with Crippen molar-refractivity contribution in [3.8, 4) is 0 Å². The molecule has 0 bridgehead atoms. The summed E-state index contributed by atoms with van der Waals surface area (Å²) in [6, 6.07) is 6.44. The average molecular weight is 330 g/mol. The van der Waals surface area contributed by atoms with Crippen LogP contribution in [0.4, 0.5) is 21.8 Å². The van der Waals surface area contributed by atoms with E-state index in [9.17, 15) is 4.39 Å². The highest BCUT2D eigenvalue weighted by atomic mass is 19.1. The smallest absolute Gasteiger partial charge is 0.209 e. The van der Waals surface area contributed by atoms with Crippen LogP contribution >= 0.6 is 0 Å². The van der Waals surface area contributed by atoms with E-state index in [0.29, 0.717) is 29.0 Å². The Morgan fingerprint density at radius 1 is 1.42 bits per heavy atom. The van der Waals surface area contributed by atoms with E-state index in [4.69, 9.17) is 5.41 Å². The zero-order valence-electron chi connectivity index (χ0n) is 14.2. The molecular formula is C17H23FN6.